The van der Waals surface area contributed by atoms with Crippen LogP contribution in [0.15, 0.2) is 0 Å². The van der Waals surface area contributed by atoms with Crippen molar-refractivity contribution in [3.05, 3.63) is 6.61 Å². The van der Waals surface area contributed by atoms with Crippen LogP contribution in [0, 0.1) is 79.1 Å². The van der Waals surface area contributed by atoms with Gasteiger partial charge in [0.1, 0.15) is 30.0 Å². The number of rotatable bonds is 30. The first-order valence-electron chi connectivity index (χ1n) is 45.3. The van der Waals surface area contributed by atoms with Crippen LogP contribution < -0.4 is 0 Å². The molecule has 23 atom stereocenters. The molecule has 0 aliphatic carbocycles. The first-order chi connectivity index (χ1) is 55.6. The van der Waals surface area contributed by atoms with Gasteiger partial charge in [-0.25, -0.2) is 0 Å². The van der Waals surface area contributed by atoms with Crippen molar-refractivity contribution in [1.29, 1.82) is 0 Å². The van der Waals surface area contributed by atoms with E-state index < -0.39 is 88.6 Å². The standard InChI is InChI=1S/2C15H26O5.C14H26O3.C13H24O4.C12H22O5.C11H20O4.C10H17O2.U/c2*1-6-9-12-13(18-10(4)16)14(19-11(5)17)20-15(12,7-2)8-3;1-6-9-10-11-12(16-13(4,5)15-11)17-14(10,7-2)8-3;1-5-7-9-10-11(16-12(3,4)15-10)17-13(9,6-2)8-14;1-4-5-8-9-10(16-11(2,3)15-9)17-12(8,6-13)7-14;1-5-6-7-8-10(13-9(7)12-4)15-11(2,3)14-8;1-3-5-8-9-6-12-10(8,4-2)7-11-9;/h2*12-14H,6-9H2,1-5H3;10-12H,6-9H2,1-5H3;9-11,14H,5-8H2,1-4H3;8-10,13-14H,4-7H2,1-3H3;7-10H,5-6H2,1-4H3;6,8-9H,3-5,7H2,1-2H3;/q;;;;;;-1;/t2*12-,13+,14?;10-,11+,12-;9-,10+,11-,13-;8-,9+,10-;7-,8+,9-,10+;8-,9-,10-;/m0000000./s1. The summed E-state index contributed by atoms with van der Waals surface area (Å²) in [6.07, 6.45) is 17.6. The summed E-state index contributed by atoms with van der Waals surface area (Å²) in [6, 6.07) is 0. The molecule has 0 radical (unpaired) electrons. The number of hydrogen-bond donors (Lipinski definition) is 3. The minimum absolute atomic E-state index is 0. The van der Waals surface area contributed by atoms with Crippen LogP contribution in [0.25, 0.3) is 0 Å². The Hall–Kier alpha value is -1.87. The number of aliphatic hydroxyl groups is 3. The third kappa shape index (κ3) is 25.6. The number of fused-ring (bicyclic) bond motifs is 6. The average molecular weight is 1930 g/mol. The van der Waals surface area contributed by atoms with Crippen LogP contribution in [-0.2, 0) is 119 Å². The Balaban J connectivity index is 0.000000248. The quantitative estimate of drug-likeness (QED) is 0.0342. The molecule has 694 valence electrons. The Morgan fingerprint density at radius 1 is 0.345 bits per heavy atom. The Morgan fingerprint density at radius 2 is 0.647 bits per heavy atom. The molecule has 2 unspecified atom stereocenters. The second-order valence-electron chi connectivity index (χ2n) is 35.9. The number of carbonyl (C=O) groups is 4. The number of carbonyl (C=O) groups excluding carboxylic acids is 4. The third-order valence-electron chi connectivity index (χ3n) is 26.3. The maximum Gasteiger partial charge on any atom is 0.305 e. The summed E-state index contributed by atoms with van der Waals surface area (Å²) in [5.74, 6) is -2.19. The maximum atomic E-state index is 11.4. The van der Waals surface area contributed by atoms with Gasteiger partial charge in [-0.2, -0.15) is 6.61 Å². The minimum atomic E-state index is -0.929. The first-order valence-corrected chi connectivity index (χ1v) is 45.3. The Bertz CT molecular complexity index is 2800. The second-order valence-corrected chi connectivity index (χ2v) is 35.9. The van der Waals surface area contributed by atoms with E-state index in [1.165, 1.54) is 47.0 Å². The molecule has 28 nitrogen and oxygen atoms in total. The van der Waals surface area contributed by atoms with E-state index in [0.717, 1.165) is 129 Å². The van der Waals surface area contributed by atoms with Gasteiger partial charge in [-0.1, -0.05) is 149 Å². The molecule has 2 bridgehead atoms. The molecule has 12 aliphatic rings. The van der Waals surface area contributed by atoms with Crippen molar-refractivity contribution in [3.63, 3.8) is 0 Å². The summed E-state index contributed by atoms with van der Waals surface area (Å²) >= 11 is 0. The molecule has 12 rings (SSSR count). The van der Waals surface area contributed by atoms with Gasteiger partial charge in [0.15, 0.2) is 66.8 Å². The minimum Gasteiger partial charge on any atom is -0.543 e. The van der Waals surface area contributed by atoms with Gasteiger partial charge in [0.05, 0.1) is 54.4 Å². The number of hydrogen-bond acceptors (Lipinski definition) is 28. The van der Waals surface area contributed by atoms with Gasteiger partial charge in [-0.3, -0.25) is 19.2 Å². The van der Waals surface area contributed by atoms with Gasteiger partial charge >= 0.3 is 23.9 Å². The predicted octanol–water partition coefficient (Wildman–Crippen LogP) is 15.8. The second kappa shape index (κ2) is 46.9. The summed E-state index contributed by atoms with van der Waals surface area (Å²) in [5, 5.41) is 28.7. The summed E-state index contributed by atoms with van der Waals surface area (Å²) in [7, 11) is 1.67. The molecule has 3 N–H and O–H groups in total. The van der Waals surface area contributed by atoms with Crippen LogP contribution in [0.4, 0.5) is 0 Å². The Kier molecular flexibility index (Phi) is 42.4. The van der Waals surface area contributed by atoms with Gasteiger partial charge in [-0.05, 0) is 164 Å². The van der Waals surface area contributed by atoms with Gasteiger partial charge < -0.3 is 115 Å². The van der Waals surface area contributed by atoms with Crippen molar-refractivity contribution in [2.45, 2.75) is 472 Å². The van der Waals surface area contributed by atoms with E-state index in [1.807, 2.05) is 96.6 Å². The van der Waals surface area contributed by atoms with Crippen LogP contribution >= 0.6 is 0 Å². The van der Waals surface area contributed by atoms with E-state index in [4.69, 9.17) is 99.5 Å². The SMILES string of the molecule is CCC[C@@H]1[C@@H](OC)O[C@@H]2OC(C)(C)O[C@@H]21.CCC[C@H]1[C@@H](OC(C)=O)C(OC(C)=O)OC1(CC)CC.CCC[C@H]1[C@@H](OC(C)=O)C(OC(C)=O)OC1(CC)CC.CCC[C@H]1[C@@H]2[CH-]O[C@@]1(CC)CO2.CCC[C@H]1[C@H]2OC(C)(C)O[C@H]2OC1(CC)CC.CCC[C@H]1[C@H]2OC(C)(C)O[C@H]2OC1(CO)CO.CCC[C@H]1[C@H]2OC(C)(C)O[C@H]2O[C@@]1(CC)CO.[U]. The summed E-state index contributed by atoms with van der Waals surface area (Å²) in [4.78, 5) is 45.2. The zero-order valence-electron chi connectivity index (χ0n) is 78.1. The van der Waals surface area contributed by atoms with E-state index in [9.17, 15) is 34.5 Å². The van der Waals surface area contributed by atoms with Crippen LogP contribution in [0.5, 0.6) is 0 Å². The van der Waals surface area contributed by atoms with E-state index in [1.54, 1.807) is 7.11 Å². The monoisotopic (exact) mass is 1930 g/mol. The molecule has 0 aromatic rings. The third-order valence-corrected chi connectivity index (χ3v) is 26.3. The molecule has 12 saturated heterocycles. The smallest absolute Gasteiger partial charge is 0.305 e. The molecular weight excluding hydrogens is 1770 g/mol. The van der Waals surface area contributed by atoms with Gasteiger partial charge in [0.2, 0.25) is 12.6 Å². The van der Waals surface area contributed by atoms with E-state index in [0.29, 0.717) is 11.8 Å². The number of esters is 4. The number of methoxy groups -OCH3 is 1. The molecular formula is C90H161O28U-. The van der Waals surface area contributed by atoms with E-state index in [-0.39, 0.29) is 159 Å². The Morgan fingerprint density at radius 3 is 0.958 bits per heavy atom. The zero-order chi connectivity index (χ0) is 88.4. The first kappa shape index (κ1) is 108. The summed E-state index contributed by atoms with van der Waals surface area (Å²) < 4.78 is 120. The molecule has 0 aromatic heterocycles. The normalized spacial score (nSPS) is 36.7. The van der Waals surface area contributed by atoms with Gasteiger partial charge in [0, 0.05) is 101 Å². The van der Waals surface area contributed by atoms with Crippen LogP contribution in [-0.4, -0.2) is 216 Å². The van der Waals surface area contributed by atoms with Gasteiger partial charge in [-0.15, -0.1) is 0 Å². The summed E-state index contributed by atoms with van der Waals surface area (Å²) in [5.41, 5.74) is -2.20. The zero-order valence-corrected chi connectivity index (χ0v) is 82.3. The molecule has 12 heterocycles. The van der Waals surface area contributed by atoms with Crippen molar-refractivity contribution >= 4 is 23.9 Å². The van der Waals surface area contributed by atoms with Crippen LogP contribution in [0.3, 0.4) is 0 Å². The Labute approximate surface area is 737 Å². The van der Waals surface area contributed by atoms with E-state index in [2.05, 4.69) is 69.2 Å². The fourth-order valence-electron chi connectivity index (χ4n) is 20.4. The van der Waals surface area contributed by atoms with Crippen molar-refractivity contribution < 1.29 is 165 Å². The largest absolute Gasteiger partial charge is 0.543 e. The molecule has 0 spiro atoms. The number of aliphatic hydroxyl groups excluding tert-OH is 3. The molecule has 0 amide bonds. The van der Waals surface area contributed by atoms with E-state index >= 15 is 0 Å². The molecule has 0 aromatic carbocycles. The average Bonchev–Trinajstić information content (AvgIpc) is 1.60. The molecule has 12 fully saturated rings. The number of ether oxygens (including phenoxy) is 21. The molecule has 0 saturated carbocycles. The summed E-state index contributed by atoms with van der Waals surface area (Å²) in [6.45, 7) is 54.8. The molecule has 29 heteroatoms. The van der Waals surface area contributed by atoms with Gasteiger partial charge in [0.25, 0.3) is 0 Å². The van der Waals surface area contributed by atoms with Crippen molar-refractivity contribution in [3.8, 4) is 0 Å². The topological polar surface area (TPSA) is 323 Å². The fourth-order valence-corrected chi connectivity index (χ4v) is 20.4. The maximum absolute atomic E-state index is 11.4. The van der Waals surface area contributed by atoms with Crippen LogP contribution in [0.2, 0.25) is 0 Å². The van der Waals surface area contributed by atoms with Crippen molar-refractivity contribution in [2.24, 2.45) is 41.4 Å². The van der Waals surface area contributed by atoms with Crippen molar-refractivity contribution in [2.75, 3.05) is 33.5 Å². The molecule has 12 aliphatic heterocycles. The van der Waals surface area contributed by atoms with Crippen LogP contribution in [0.1, 0.15) is 328 Å². The predicted molar refractivity (Wildman–Crippen MR) is 439 cm³/mol. The van der Waals surface area contributed by atoms with Crippen molar-refractivity contribution in [1.82, 2.24) is 0 Å². The fraction of sp³-hybridized carbons (Fsp3) is 0.944. The molecule has 119 heavy (non-hydrogen) atoms.